The topological polar surface area (TPSA) is 17.1 Å². The van der Waals surface area contributed by atoms with Gasteiger partial charge in [-0.3, -0.25) is 4.79 Å². The van der Waals surface area contributed by atoms with Gasteiger partial charge < -0.3 is 0 Å². The zero-order chi connectivity index (χ0) is 14.1. The number of hydrogen-bond acceptors (Lipinski definition) is 2. The summed E-state index contributed by atoms with van der Waals surface area (Å²) in [5.41, 5.74) is 1.43. The first kappa shape index (κ1) is 13.7. The number of rotatable bonds is 3. The van der Waals surface area contributed by atoms with Crippen LogP contribution in [0.15, 0.2) is 47.4 Å². The first-order valence-electron chi connectivity index (χ1n) is 6.34. The molecule has 0 bridgehead atoms. The molecule has 1 aliphatic rings. The first-order chi connectivity index (χ1) is 9.66. The average Bonchev–Trinajstić information content (AvgIpc) is 2.88. The molecule has 102 valence electrons. The van der Waals surface area contributed by atoms with Gasteiger partial charge in [-0.1, -0.05) is 41.9 Å². The number of Topliss-reactive ketones (excluding diaryl/α,β-unsaturated/α-hetero) is 1. The van der Waals surface area contributed by atoms with Gasteiger partial charge in [0, 0.05) is 17.1 Å². The van der Waals surface area contributed by atoms with Crippen molar-refractivity contribution in [2.24, 2.45) is 0 Å². The molecule has 2 aromatic rings. The van der Waals surface area contributed by atoms with Crippen molar-refractivity contribution in [1.29, 1.82) is 0 Å². The number of carbonyl (C=O) groups is 1. The maximum atomic E-state index is 13.9. The largest absolute Gasteiger partial charge is 0.299 e. The second-order valence-corrected chi connectivity index (χ2v) is 6.23. The Hall–Kier alpha value is -1.32. The van der Waals surface area contributed by atoms with Crippen molar-refractivity contribution in [2.75, 3.05) is 5.75 Å². The number of thioether (sulfide) groups is 1. The third-order valence-electron chi connectivity index (χ3n) is 3.48. The summed E-state index contributed by atoms with van der Waals surface area (Å²) in [5, 5.41) is 0.0662. The Labute approximate surface area is 126 Å². The van der Waals surface area contributed by atoms with Gasteiger partial charge in [0.15, 0.2) is 0 Å². The molecule has 1 atom stereocenters. The van der Waals surface area contributed by atoms with E-state index in [0.717, 1.165) is 16.2 Å². The molecule has 1 heterocycles. The minimum absolute atomic E-state index is 0.0450. The van der Waals surface area contributed by atoms with Crippen LogP contribution in [0.3, 0.4) is 0 Å². The zero-order valence-corrected chi connectivity index (χ0v) is 12.2. The molecule has 1 nitrogen and oxygen atoms in total. The van der Waals surface area contributed by atoms with Crippen molar-refractivity contribution in [3.63, 3.8) is 0 Å². The molecule has 0 aromatic heterocycles. The van der Waals surface area contributed by atoms with Crippen LogP contribution in [0.25, 0.3) is 0 Å². The van der Waals surface area contributed by atoms with Gasteiger partial charge in [0.1, 0.15) is 11.6 Å². The monoisotopic (exact) mass is 306 g/mol. The molecule has 0 radical (unpaired) electrons. The Morgan fingerprint density at radius 1 is 1.25 bits per heavy atom. The van der Waals surface area contributed by atoms with Crippen LogP contribution in [0, 0.1) is 5.82 Å². The highest BCUT2D eigenvalue weighted by molar-refractivity contribution is 7.99. The van der Waals surface area contributed by atoms with E-state index in [1.54, 1.807) is 23.9 Å². The van der Waals surface area contributed by atoms with E-state index in [1.165, 1.54) is 6.07 Å². The van der Waals surface area contributed by atoms with E-state index >= 15 is 0 Å². The molecule has 0 aliphatic carbocycles. The second-order valence-electron chi connectivity index (χ2n) is 4.76. The van der Waals surface area contributed by atoms with Crippen molar-refractivity contribution in [3.8, 4) is 0 Å². The van der Waals surface area contributed by atoms with Gasteiger partial charge >= 0.3 is 0 Å². The minimum Gasteiger partial charge on any atom is -0.299 e. The van der Waals surface area contributed by atoms with Gasteiger partial charge in [0.2, 0.25) is 0 Å². The van der Waals surface area contributed by atoms with Crippen LogP contribution in [0.4, 0.5) is 4.39 Å². The van der Waals surface area contributed by atoms with E-state index in [4.69, 9.17) is 11.6 Å². The van der Waals surface area contributed by atoms with E-state index in [2.05, 4.69) is 0 Å². The molecule has 0 saturated carbocycles. The Morgan fingerprint density at radius 2 is 2.05 bits per heavy atom. The lowest BCUT2D eigenvalue weighted by Gasteiger charge is -2.10. The minimum atomic E-state index is -0.485. The highest BCUT2D eigenvalue weighted by Crippen LogP contribution is 2.40. The fourth-order valence-electron chi connectivity index (χ4n) is 2.43. The molecular formula is C16H12ClFOS. The lowest BCUT2D eigenvalue weighted by molar-refractivity contribution is -0.119. The maximum absolute atomic E-state index is 13.9. The van der Waals surface area contributed by atoms with Crippen LogP contribution in [0.1, 0.15) is 17.0 Å². The quantitative estimate of drug-likeness (QED) is 0.831. The molecular weight excluding hydrogens is 295 g/mol. The number of hydrogen-bond donors (Lipinski definition) is 0. The highest BCUT2D eigenvalue weighted by atomic mass is 35.5. The third-order valence-corrected chi connectivity index (χ3v) is 4.96. The van der Waals surface area contributed by atoms with Crippen molar-refractivity contribution in [1.82, 2.24) is 0 Å². The van der Waals surface area contributed by atoms with E-state index < -0.39 is 5.82 Å². The van der Waals surface area contributed by atoms with Crippen molar-refractivity contribution >= 4 is 29.1 Å². The number of halogens is 2. The SMILES string of the molecule is O=C(Cc1cccc(Cl)c1F)C1CSc2ccccc21. The lowest BCUT2D eigenvalue weighted by Crippen LogP contribution is -2.15. The summed E-state index contributed by atoms with van der Waals surface area (Å²) in [5.74, 6) is 0.153. The van der Waals surface area contributed by atoms with Gasteiger partial charge in [-0.2, -0.15) is 0 Å². The van der Waals surface area contributed by atoms with Crippen molar-refractivity contribution in [3.05, 3.63) is 64.4 Å². The Balaban J connectivity index is 1.83. The molecule has 2 aromatic carbocycles. The fraction of sp³-hybridized carbons (Fsp3) is 0.188. The summed E-state index contributed by atoms with van der Waals surface area (Å²) in [4.78, 5) is 13.6. The molecule has 0 amide bonds. The van der Waals surface area contributed by atoms with Gasteiger partial charge in [-0.05, 0) is 23.3 Å². The Kier molecular flexibility index (Phi) is 3.81. The zero-order valence-electron chi connectivity index (χ0n) is 10.6. The number of fused-ring (bicyclic) bond motifs is 1. The highest BCUT2D eigenvalue weighted by Gasteiger charge is 2.29. The van der Waals surface area contributed by atoms with Crippen LogP contribution < -0.4 is 0 Å². The molecule has 4 heteroatoms. The van der Waals surface area contributed by atoms with E-state index in [0.29, 0.717) is 5.56 Å². The van der Waals surface area contributed by atoms with Crippen LogP contribution in [-0.4, -0.2) is 11.5 Å². The van der Waals surface area contributed by atoms with E-state index in [1.807, 2.05) is 24.3 Å². The van der Waals surface area contributed by atoms with E-state index in [9.17, 15) is 9.18 Å². The maximum Gasteiger partial charge on any atom is 0.145 e. The normalized spacial score (nSPS) is 17.0. The second kappa shape index (κ2) is 5.58. The van der Waals surface area contributed by atoms with Crippen molar-refractivity contribution in [2.45, 2.75) is 17.2 Å². The molecule has 0 saturated heterocycles. The summed E-state index contributed by atoms with van der Waals surface area (Å²) in [7, 11) is 0. The Morgan fingerprint density at radius 3 is 2.90 bits per heavy atom. The lowest BCUT2D eigenvalue weighted by atomic mass is 9.93. The standard InChI is InChI=1S/C16H12ClFOS/c17-13-6-3-4-10(16(13)18)8-14(19)12-9-20-15-7-2-1-5-11(12)15/h1-7,12H,8-9H2. The number of carbonyl (C=O) groups excluding carboxylic acids is 1. The molecule has 0 fully saturated rings. The summed E-state index contributed by atoms with van der Waals surface area (Å²) in [6.07, 6.45) is 0.0892. The van der Waals surface area contributed by atoms with E-state index in [-0.39, 0.29) is 23.1 Å². The molecule has 20 heavy (non-hydrogen) atoms. The van der Waals surface area contributed by atoms with Crippen LogP contribution >= 0.6 is 23.4 Å². The van der Waals surface area contributed by atoms with Gasteiger partial charge in [0.05, 0.1) is 10.9 Å². The molecule has 3 rings (SSSR count). The van der Waals surface area contributed by atoms with Gasteiger partial charge in [-0.15, -0.1) is 11.8 Å². The van der Waals surface area contributed by atoms with Crippen LogP contribution in [-0.2, 0) is 11.2 Å². The predicted molar refractivity (Wildman–Crippen MR) is 80.0 cm³/mol. The average molecular weight is 307 g/mol. The molecule has 1 aliphatic heterocycles. The van der Waals surface area contributed by atoms with Crippen molar-refractivity contribution < 1.29 is 9.18 Å². The summed E-state index contributed by atoms with van der Waals surface area (Å²) < 4.78 is 13.9. The van der Waals surface area contributed by atoms with Crippen LogP contribution in [0.5, 0.6) is 0 Å². The van der Waals surface area contributed by atoms with Crippen LogP contribution in [0.2, 0.25) is 5.02 Å². The molecule has 0 spiro atoms. The third kappa shape index (κ3) is 2.48. The molecule has 0 N–H and O–H groups in total. The summed E-state index contributed by atoms with van der Waals surface area (Å²) in [6.45, 7) is 0. The predicted octanol–water partition coefficient (Wildman–Crippen LogP) is 4.48. The summed E-state index contributed by atoms with van der Waals surface area (Å²) >= 11 is 7.43. The first-order valence-corrected chi connectivity index (χ1v) is 7.70. The smallest absolute Gasteiger partial charge is 0.145 e. The Bertz CT molecular complexity index is 671. The molecule has 1 unspecified atom stereocenters. The number of benzene rings is 2. The summed E-state index contributed by atoms with van der Waals surface area (Å²) in [6, 6.07) is 12.7. The number of ketones is 1. The van der Waals surface area contributed by atoms with Gasteiger partial charge in [-0.25, -0.2) is 4.39 Å². The van der Waals surface area contributed by atoms with Gasteiger partial charge in [0.25, 0.3) is 0 Å². The fourth-order valence-corrected chi connectivity index (χ4v) is 3.88.